The minimum atomic E-state index is -0.707. The van der Waals surface area contributed by atoms with Crippen molar-refractivity contribution >= 4 is 12.0 Å². The molecule has 0 saturated carbocycles. The van der Waals surface area contributed by atoms with Crippen LogP contribution in [0.5, 0.6) is 0 Å². The molecule has 0 aromatic heterocycles. The molecular weight excluding hydrogens is 236 g/mol. The predicted octanol–water partition coefficient (Wildman–Crippen LogP) is 1.61. The zero-order chi connectivity index (χ0) is 13.9. The predicted molar refractivity (Wildman–Crippen MR) is 63.8 cm³/mol. The molecule has 1 aliphatic heterocycles. The van der Waals surface area contributed by atoms with Gasteiger partial charge in [0.15, 0.2) is 0 Å². The van der Waals surface area contributed by atoms with Gasteiger partial charge >= 0.3 is 6.09 Å². The molecule has 0 aromatic rings. The highest BCUT2D eigenvalue weighted by molar-refractivity contribution is 5.86. The monoisotopic (exact) mass is 254 g/mol. The Morgan fingerprint density at radius 3 is 2.67 bits per heavy atom. The van der Waals surface area contributed by atoms with Gasteiger partial charge in [-0.15, -0.1) is 0 Å². The van der Waals surface area contributed by atoms with Crippen LogP contribution < -0.4 is 5.43 Å². The van der Waals surface area contributed by atoms with E-state index in [2.05, 4.69) is 11.8 Å². The molecule has 1 heterocycles. The Labute approximate surface area is 106 Å². The third-order valence-electron chi connectivity index (χ3n) is 2.35. The lowest BCUT2D eigenvalue weighted by Gasteiger charge is -2.27. The van der Waals surface area contributed by atoms with E-state index >= 15 is 0 Å². The quantitative estimate of drug-likeness (QED) is 0.445. The second-order valence-corrected chi connectivity index (χ2v) is 5.17. The summed E-state index contributed by atoms with van der Waals surface area (Å²) < 4.78 is 5.22. The van der Waals surface area contributed by atoms with Crippen LogP contribution in [0.4, 0.5) is 4.79 Å². The molecule has 2 N–H and O–H groups in total. The van der Waals surface area contributed by atoms with Gasteiger partial charge in [0.2, 0.25) is 0 Å². The van der Waals surface area contributed by atoms with Crippen LogP contribution in [-0.2, 0) is 9.53 Å². The Morgan fingerprint density at radius 2 is 2.17 bits per heavy atom. The van der Waals surface area contributed by atoms with Crippen molar-refractivity contribution in [3.8, 4) is 0 Å². The minimum absolute atomic E-state index is 0.283. The van der Waals surface area contributed by atoms with E-state index in [4.69, 9.17) is 10.3 Å². The fourth-order valence-electron chi connectivity index (χ4n) is 1.68. The topological polar surface area (TPSA) is 94.9 Å². The van der Waals surface area contributed by atoms with Gasteiger partial charge in [0, 0.05) is 6.54 Å². The minimum Gasteiger partial charge on any atom is -0.444 e. The highest BCUT2D eigenvalue weighted by Gasteiger charge is 2.38. The van der Waals surface area contributed by atoms with Crippen molar-refractivity contribution in [2.24, 2.45) is 5.22 Å². The zero-order valence-corrected chi connectivity index (χ0v) is 10.8. The van der Waals surface area contributed by atoms with Crippen molar-refractivity contribution in [3.05, 3.63) is 12.2 Å². The van der Waals surface area contributed by atoms with E-state index in [-0.39, 0.29) is 6.54 Å². The van der Waals surface area contributed by atoms with Crippen molar-refractivity contribution in [1.29, 1.82) is 5.53 Å². The highest BCUT2D eigenvalue weighted by Crippen LogP contribution is 2.23. The second kappa shape index (κ2) is 5.16. The Bertz CT molecular complexity index is 386. The van der Waals surface area contributed by atoms with Gasteiger partial charge in [-0.3, -0.25) is 9.69 Å². The molecule has 7 heteroatoms. The van der Waals surface area contributed by atoms with Crippen LogP contribution in [0.2, 0.25) is 0 Å². The normalized spacial score (nSPS) is 19.6. The summed E-state index contributed by atoms with van der Waals surface area (Å²) >= 11 is 0. The van der Waals surface area contributed by atoms with Gasteiger partial charge in [-0.05, 0) is 27.2 Å². The third-order valence-corrected chi connectivity index (χ3v) is 2.35. The number of rotatable bonds is 2. The smallest absolute Gasteiger partial charge is 0.411 e. The molecule has 1 atom stereocenters. The first-order valence-electron chi connectivity index (χ1n) is 5.57. The van der Waals surface area contributed by atoms with Crippen LogP contribution in [0.25, 0.3) is 0 Å². The van der Waals surface area contributed by atoms with Crippen LogP contribution >= 0.6 is 0 Å². The van der Waals surface area contributed by atoms with Crippen LogP contribution in [0, 0.1) is 5.53 Å². The summed E-state index contributed by atoms with van der Waals surface area (Å²) in [6.45, 7) is 9.31. The number of carbonyl (C=O) groups is 2. The molecule has 0 aliphatic carbocycles. The molecule has 0 unspecified atom stereocenters. The van der Waals surface area contributed by atoms with Gasteiger partial charge in [-0.2, -0.15) is 5.53 Å². The second-order valence-electron chi connectivity index (χ2n) is 5.17. The Kier molecular flexibility index (Phi) is 4.05. The molecule has 1 aliphatic rings. The summed E-state index contributed by atoms with van der Waals surface area (Å²) in [4.78, 5) is 24.9. The first-order chi connectivity index (χ1) is 8.24. The molecule has 7 nitrogen and oxygen atoms in total. The van der Waals surface area contributed by atoms with E-state index in [1.807, 2.05) is 5.43 Å². The van der Waals surface area contributed by atoms with Crippen molar-refractivity contribution in [2.45, 2.75) is 38.8 Å². The molecule has 0 bridgehead atoms. The SMILES string of the molecule is C=C1C[C@@H](C(=O)NN=N)N(C(=O)OC(C)(C)C)C1. The van der Waals surface area contributed by atoms with E-state index in [1.54, 1.807) is 20.8 Å². The van der Waals surface area contributed by atoms with Crippen molar-refractivity contribution in [2.75, 3.05) is 6.54 Å². The number of hydrogen-bond acceptors (Lipinski definition) is 5. The first kappa shape index (κ1) is 14.1. The van der Waals surface area contributed by atoms with E-state index in [0.29, 0.717) is 6.42 Å². The van der Waals surface area contributed by atoms with E-state index in [9.17, 15) is 9.59 Å². The van der Waals surface area contributed by atoms with Gasteiger partial charge in [0.05, 0.1) is 0 Å². The van der Waals surface area contributed by atoms with Crippen molar-refractivity contribution in [1.82, 2.24) is 10.3 Å². The Balaban J connectivity index is 2.78. The summed E-state index contributed by atoms with van der Waals surface area (Å²) in [5.74, 6) is -0.505. The summed E-state index contributed by atoms with van der Waals surface area (Å²) in [6.07, 6.45) is -0.202. The number of nitrogens with one attached hydrogen (secondary N) is 2. The number of amides is 2. The maximum atomic E-state index is 11.9. The highest BCUT2D eigenvalue weighted by atomic mass is 16.6. The molecule has 0 radical (unpaired) electrons. The Morgan fingerprint density at radius 1 is 1.56 bits per heavy atom. The molecule has 1 rings (SSSR count). The standard InChI is InChI=1S/C11H18N4O3/c1-7-5-8(9(16)13-14-12)15(6-7)10(17)18-11(2,3)4/h8H,1,5-6H2,2-4H3,(H2,12,13,16)/t8-/m0/s1. The van der Waals surface area contributed by atoms with E-state index < -0.39 is 23.6 Å². The third kappa shape index (κ3) is 3.54. The molecule has 2 amide bonds. The lowest BCUT2D eigenvalue weighted by atomic mass is 10.2. The van der Waals surface area contributed by atoms with Crippen molar-refractivity contribution in [3.63, 3.8) is 0 Å². The largest absolute Gasteiger partial charge is 0.444 e. The van der Waals surface area contributed by atoms with Gasteiger partial charge in [0.1, 0.15) is 11.6 Å². The fourth-order valence-corrected chi connectivity index (χ4v) is 1.68. The molecule has 1 saturated heterocycles. The molecular formula is C11H18N4O3. The maximum absolute atomic E-state index is 11.9. The van der Waals surface area contributed by atoms with Crippen molar-refractivity contribution < 1.29 is 14.3 Å². The molecule has 1 fully saturated rings. The average molecular weight is 254 g/mol. The number of likely N-dealkylation sites (tertiary alicyclic amines) is 1. The first-order valence-corrected chi connectivity index (χ1v) is 5.57. The molecule has 100 valence electrons. The molecule has 0 aromatic carbocycles. The van der Waals surface area contributed by atoms with Crippen LogP contribution in [0.15, 0.2) is 17.4 Å². The van der Waals surface area contributed by atoms with Crippen LogP contribution in [0.1, 0.15) is 27.2 Å². The van der Waals surface area contributed by atoms with E-state index in [0.717, 1.165) is 5.57 Å². The van der Waals surface area contributed by atoms with Crippen LogP contribution in [-0.4, -0.2) is 35.1 Å². The van der Waals surface area contributed by atoms with Gasteiger partial charge < -0.3 is 4.74 Å². The zero-order valence-electron chi connectivity index (χ0n) is 10.8. The maximum Gasteiger partial charge on any atom is 0.411 e. The molecule has 18 heavy (non-hydrogen) atoms. The average Bonchev–Trinajstić information content (AvgIpc) is 2.58. The summed E-state index contributed by atoms with van der Waals surface area (Å²) in [5.41, 5.74) is 8.76. The lowest BCUT2D eigenvalue weighted by molar-refractivity contribution is -0.125. The number of carbonyl (C=O) groups excluding carboxylic acids is 2. The summed E-state index contributed by atoms with van der Waals surface area (Å²) in [7, 11) is 0. The number of nitrogens with zero attached hydrogens (tertiary/aromatic N) is 2. The van der Waals surface area contributed by atoms with Crippen LogP contribution in [0.3, 0.4) is 0 Å². The molecule has 0 spiro atoms. The van der Waals surface area contributed by atoms with E-state index in [1.165, 1.54) is 4.90 Å². The fraction of sp³-hybridized carbons (Fsp3) is 0.636. The van der Waals surface area contributed by atoms with Gasteiger partial charge in [-0.1, -0.05) is 17.4 Å². The van der Waals surface area contributed by atoms with Gasteiger partial charge in [0.25, 0.3) is 5.91 Å². The summed E-state index contributed by atoms with van der Waals surface area (Å²) in [5, 5.41) is 2.82. The summed E-state index contributed by atoms with van der Waals surface area (Å²) in [6, 6.07) is -0.707. The lowest BCUT2D eigenvalue weighted by Crippen LogP contribution is -2.46. The van der Waals surface area contributed by atoms with Gasteiger partial charge in [-0.25, -0.2) is 10.2 Å². The Hall–Kier alpha value is -1.92. The number of hydrogen-bond donors (Lipinski definition) is 2. The number of ether oxygens (including phenoxy) is 1.